The molecule has 1 amide bonds. The number of hydrogen-bond acceptors (Lipinski definition) is 5. The highest BCUT2D eigenvalue weighted by atomic mass is 16.5. The molecule has 0 aromatic rings. The van der Waals surface area contributed by atoms with Crippen LogP contribution in [0.15, 0.2) is 24.3 Å². The molecule has 0 fully saturated rings. The molecule has 0 heterocycles. The first-order valence-corrected chi connectivity index (χ1v) is 45.6. The van der Waals surface area contributed by atoms with Crippen LogP contribution in [-0.2, 0) is 14.3 Å². The Hall–Kier alpha value is -1.66. The molecule has 2 atom stereocenters. The average molecular weight is 1380 g/mol. The molecule has 0 rings (SSSR count). The zero-order valence-electron chi connectivity index (χ0n) is 67.1. The summed E-state index contributed by atoms with van der Waals surface area (Å²) in [4.78, 5) is 24.7. The maximum absolute atomic E-state index is 12.6. The minimum atomic E-state index is -0.664. The van der Waals surface area contributed by atoms with Crippen LogP contribution in [0.5, 0.6) is 0 Å². The SMILES string of the molecule is CCCCCCCCCCCCCCCCCCCCCCCCCC(O)C(CO)NC(=O)CCCCCCCCCCCCCCCCCCC/C=C\C/C=C\CCCCCCCCCCCCCCCCCOC(=O)CCCCCCCCCCCCCCCCCCCCC. The van der Waals surface area contributed by atoms with Crippen molar-refractivity contribution in [1.82, 2.24) is 5.32 Å². The van der Waals surface area contributed by atoms with E-state index in [1.807, 2.05) is 0 Å². The number of carbonyl (C=O) groups excluding carboxylic acids is 2. The van der Waals surface area contributed by atoms with E-state index in [1.165, 1.54) is 449 Å². The lowest BCUT2D eigenvalue weighted by Gasteiger charge is -2.22. The molecule has 0 saturated carbocycles. The van der Waals surface area contributed by atoms with E-state index in [0.29, 0.717) is 25.9 Å². The number of amides is 1. The summed E-state index contributed by atoms with van der Waals surface area (Å²) >= 11 is 0. The minimum Gasteiger partial charge on any atom is -0.466 e. The van der Waals surface area contributed by atoms with E-state index in [9.17, 15) is 19.8 Å². The normalized spacial score (nSPS) is 12.5. The van der Waals surface area contributed by atoms with E-state index in [0.717, 1.165) is 44.9 Å². The van der Waals surface area contributed by atoms with Gasteiger partial charge in [-0.05, 0) is 57.8 Å². The van der Waals surface area contributed by atoms with Crippen molar-refractivity contribution in [3.63, 3.8) is 0 Å². The Morgan fingerprint density at radius 2 is 0.510 bits per heavy atom. The molecule has 0 spiro atoms. The van der Waals surface area contributed by atoms with Gasteiger partial charge in [0.05, 0.1) is 25.4 Å². The largest absolute Gasteiger partial charge is 0.466 e. The molecule has 0 bridgehead atoms. The standard InChI is InChI=1S/C92H179NO5/c1-3-5-7-9-11-13-15-17-19-21-23-24-42-45-49-52-56-60-64-68-72-76-80-84-90(95)89(88-94)93-91(96)85-81-77-73-69-65-61-57-53-50-46-43-40-38-36-34-32-30-28-26-25-27-29-31-33-35-37-39-41-44-47-51-55-59-63-67-71-75-79-83-87-98-92(97)86-82-78-74-70-66-62-58-54-48-22-20-18-16-14-12-10-8-6-4-2/h25-26,29,31,89-90,94-95H,3-24,27-28,30,32-88H2,1-2H3,(H,93,96)/b26-25-,31-29-. The van der Waals surface area contributed by atoms with Gasteiger partial charge in [-0.25, -0.2) is 0 Å². The van der Waals surface area contributed by atoms with Crippen LogP contribution in [0.2, 0.25) is 0 Å². The van der Waals surface area contributed by atoms with Crippen LogP contribution in [0, 0.1) is 0 Å². The highest BCUT2D eigenvalue weighted by Gasteiger charge is 2.20. The third-order valence-corrected chi connectivity index (χ3v) is 21.8. The summed E-state index contributed by atoms with van der Waals surface area (Å²) in [5.41, 5.74) is 0. The number of aliphatic hydroxyl groups is 2. The van der Waals surface area contributed by atoms with Crippen molar-refractivity contribution in [1.29, 1.82) is 0 Å². The number of carbonyl (C=O) groups is 2. The monoisotopic (exact) mass is 1380 g/mol. The van der Waals surface area contributed by atoms with E-state index in [1.54, 1.807) is 0 Å². The molecule has 0 aromatic carbocycles. The van der Waals surface area contributed by atoms with E-state index in [-0.39, 0.29) is 18.5 Å². The number of ether oxygens (including phenoxy) is 1. The van der Waals surface area contributed by atoms with Crippen molar-refractivity contribution in [3.05, 3.63) is 24.3 Å². The lowest BCUT2D eigenvalue weighted by Crippen LogP contribution is -2.45. The molecule has 0 aliphatic carbocycles. The first kappa shape index (κ1) is 96.3. The van der Waals surface area contributed by atoms with Gasteiger partial charge in [0.2, 0.25) is 5.91 Å². The summed E-state index contributed by atoms with van der Waals surface area (Å²) in [6, 6.07) is -0.541. The van der Waals surface area contributed by atoms with E-state index in [4.69, 9.17) is 4.74 Å². The minimum absolute atomic E-state index is 0.0255. The first-order chi connectivity index (χ1) is 48.5. The smallest absolute Gasteiger partial charge is 0.305 e. The number of hydrogen-bond donors (Lipinski definition) is 3. The number of rotatable bonds is 87. The molecule has 98 heavy (non-hydrogen) atoms. The highest BCUT2D eigenvalue weighted by molar-refractivity contribution is 5.76. The second kappa shape index (κ2) is 87.7. The third kappa shape index (κ3) is 83.3. The molecule has 0 saturated heterocycles. The maximum Gasteiger partial charge on any atom is 0.305 e. The van der Waals surface area contributed by atoms with Gasteiger partial charge in [0.25, 0.3) is 0 Å². The van der Waals surface area contributed by atoms with Crippen molar-refractivity contribution in [2.24, 2.45) is 0 Å². The first-order valence-electron chi connectivity index (χ1n) is 45.6. The molecule has 3 N–H and O–H groups in total. The van der Waals surface area contributed by atoms with Crippen molar-refractivity contribution >= 4 is 11.9 Å². The average Bonchev–Trinajstić information content (AvgIpc) is 1.53. The summed E-state index contributed by atoms with van der Waals surface area (Å²) in [6.07, 6.45) is 115. The molecule has 6 heteroatoms. The third-order valence-electron chi connectivity index (χ3n) is 21.8. The molecule has 6 nitrogen and oxygen atoms in total. The van der Waals surface area contributed by atoms with Crippen molar-refractivity contribution < 1.29 is 24.5 Å². The summed E-state index contributed by atoms with van der Waals surface area (Å²) in [5, 5.41) is 23.5. The van der Waals surface area contributed by atoms with Crippen LogP contribution in [0.1, 0.15) is 528 Å². The van der Waals surface area contributed by atoms with Crippen LogP contribution in [0.3, 0.4) is 0 Å². The quantitative estimate of drug-likeness (QED) is 0.0320. The number of aliphatic hydroxyl groups excluding tert-OH is 2. The molecule has 0 aliphatic rings. The van der Waals surface area contributed by atoms with Gasteiger partial charge in [0, 0.05) is 12.8 Å². The van der Waals surface area contributed by atoms with Gasteiger partial charge in [-0.3, -0.25) is 9.59 Å². The Bertz CT molecular complexity index is 1550. The Balaban J connectivity index is 3.34. The van der Waals surface area contributed by atoms with Gasteiger partial charge < -0.3 is 20.3 Å². The van der Waals surface area contributed by atoms with E-state index < -0.39 is 12.1 Å². The van der Waals surface area contributed by atoms with Gasteiger partial charge in [-0.15, -0.1) is 0 Å². The van der Waals surface area contributed by atoms with Crippen molar-refractivity contribution in [3.8, 4) is 0 Å². The van der Waals surface area contributed by atoms with Gasteiger partial charge in [0.15, 0.2) is 0 Å². The predicted octanol–water partition coefficient (Wildman–Crippen LogP) is 30.7. The summed E-state index contributed by atoms with van der Waals surface area (Å²) in [6.45, 7) is 5.03. The Morgan fingerprint density at radius 3 is 0.776 bits per heavy atom. The maximum atomic E-state index is 12.6. The van der Waals surface area contributed by atoms with E-state index >= 15 is 0 Å². The van der Waals surface area contributed by atoms with Crippen LogP contribution >= 0.6 is 0 Å². The Kier molecular flexibility index (Phi) is 86.3. The van der Waals surface area contributed by atoms with Gasteiger partial charge >= 0.3 is 5.97 Å². The summed E-state index contributed by atoms with van der Waals surface area (Å²) < 4.78 is 5.53. The second-order valence-corrected chi connectivity index (χ2v) is 31.6. The van der Waals surface area contributed by atoms with Gasteiger partial charge in [0.1, 0.15) is 0 Å². The Labute approximate surface area is 615 Å². The highest BCUT2D eigenvalue weighted by Crippen LogP contribution is 2.21. The molecular weight excluding hydrogens is 1200 g/mol. The fraction of sp³-hybridized carbons (Fsp3) is 0.935. The zero-order valence-corrected chi connectivity index (χ0v) is 67.1. The number of unbranched alkanes of at least 4 members (excludes halogenated alkanes) is 72. The van der Waals surface area contributed by atoms with Crippen LogP contribution in [0.4, 0.5) is 0 Å². The molecule has 2 unspecified atom stereocenters. The fourth-order valence-electron chi connectivity index (χ4n) is 14.9. The van der Waals surface area contributed by atoms with Crippen molar-refractivity contribution in [2.45, 2.75) is 540 Å². The van der Waals surface area contributed by atoms with Gasteiger partial charge in [-0.1, -0.05) is 481 Å². The Morgan fingerprint density at radius 1 is 0.286 bits per heavy atom. The number of esters is 1. The number of nitrogens with one attached hydrogen (secondary N) is 1. The molecule has 0 aromatic heterocycles. The van der Waals surface area contributed by atoms with E-state index in [2.05, 4.69) is 43.5 Å². The molecular formula is C92H179NO5. The number of allylic oxidation sites excluding steroid dienone is 4. The lowest BCUT2D eigenvalue weighted by molar-refractivity contribution is -0.143. The predicted molar refractivity (Wildman–Crippen MR) is 435 cm³/mol. The molecule has 0 radical (unpaired) electrons. The van der Waals surface area contributed by atoms with Crippen molar-refractivity contribution in [2.75, 3.05) is 13.2 Å². The van der Waals surface area contributed by atoms with Gasteiger partial charge in [-0.2, -0.15) is 0 Å². The summed E-state index contributed by atoms with van der Waals surface area (Å²) in [5.74, 6) is 0.000988. The second-order valence-electron chi connectivity index (χ2n) is 31.6. The van der Waals surface area contributed by atoms with Crippen LogP contribution < -0.4 is 5.32 Å². The summed E-state index contributed by atoms with van der Waals surface area (Å²) in [7, 11) is 0. The zero-order chi connectivity index (χ0) is 70.5. The molecule has 0 aliphatic heterocycles. The molecule has 582 valence electrons. The van der Waals surface area contributed by atoms with Crippen LogP contribution in [0.25, 0.3) is 0 Å². The lowest BCUT2D eigenvalue weighted by atomic mass is 10.0. The topological polar surface area (TPSA) is 95.9 Å². The fourth-order valence-corrected chi connectivity index (χ4v) is 14.9. The van der Waals surface area contributed by atoms with Crippen LogP contribution in [-0.4, -0.2) is 47.4 Å².